The topological polar surface area (TPSA) is 61.2 Å². The Bertz CT molecular complexity index is 458. The minimum atomic E-state index is -0.0794. The summed E-state index contributed by atoms with van der Waals surface area (Å²) in [5, 5.41) is 17.9. The minimum absolute atomic E-state index is 0. The summed E-state index contributed by atoms with van der Waals surface area (Å²) in [5.74, 6) is 1.22. The van der Waals surface area contributed by atoms with Gasteiger partial charge in [0.2, 0.25) is 0 Å². The fraction of sp³-hybridized carbons (Fsp3) is 0.588. The zero-order valence-electron chi connectivity index (χ0n) is 14.5. The van der Waals surface area contributed by atoms with Gasteiger partial charge in [-0.1, -0.05) is 44.3 Å². The van der Waals surface area contributed by atoms with Crippen LogP contribution in [0.4, 0.5) is 0 Å². The molecule has 0 heterocycles. The first-order valence-electron chi connectivity index (χ1n) is 7.84. The van der Waals surface area contributed by atoms with Crippen molar-refractivity contribution in [3.63, 3.8) is 0 Å². The Labute approximate surface area is 180 Å². The van der Waals surface area contributed by atoms with Gasteiger partial charge in [0.15, 0.2) is 5.78 Å². The van der Waals surface area contributed by atoms with Crippen LogP contribution in [-0.2, 0) is 4.79 Å². The molecule has 1 aliphatic rings. The smallest absolute Gasteiger partial charge is 0.168 e. The van der Waals surface area contributed by atoms with Gasteiger partial charge < -0.3 is 17.4 Å². The Morgan fingerprint density at radius 2 is 2.17 bits per heavy atom. The average Bonchev–Trinajstić information content (AvgIpc) is 2.48. The van der Waals surface area contributed by atoms with Crippen molar-refractivity contribution in [2.75, 3.05) is 5.75 Å². The zero-order valence-corrected chi connectivity index (χ0v) is 20.2. The Kier molecular flexibility index (Phi) is 17.3. The number of hydrogen-bond donors (Lipinski definition) is 2. The normalized spacial score (nSPS) is 18.7. The van der Waals surface area contributed by atoms with Crippen LogP contribution in [0, 0.1) is 49.4 Å². The quantitative estimate of drug-likeness (QED) is 0.252. The number of thioether (sulfide) groups is 1. The SMILES string of the molecule is [B]C/C=C/Cl.[CH2-]C(CC1CC(=O)C(C(=N)CC)=C(O)C1)SCC.[U]. The molecule has 0 bridgehead atoms. The predicted molar refractivity (Wildman–Crippen MR) is 103 cm³/mol. The molecule has 2 atom stereocenters. The van der Waals surface area contributed by atoms with E-state index in [1.807, 2.05) is 6.92 Å². The number of nitrogens with one attached hydrogen (secondary N) is 1. The van der Waals surface area contributed by atoms with Gasteiger partial charge in [-0.05, 0) is 23.6 Å². The molecule has 132 valence electrons. The summed E-state index contributed by atoms with van der Waals surface area (Å²) >= 11 is 6.82. The number of allylic oxidation sites excluding steroid dienone is 3. The van der Waals surface area contributed by atoms with Crippen LogP contribution in [0.15, 0.2) is 22.9 Å². The maximum atomic E-state index is 12.0. The van der Waals surface area contributed by atoms with Gasteiger partial charge in [0.1, 0.15) is 5.76 Å². The van der Waals surface area contributed by atoms with E-state index in [0.717, 1.165) is 12.2 Å². The second kappa shape index (κ2) is 15.6. The van der Waals surface area contributed by atoms with E-state index in [1.54, 1.807) is 17.8 Å². The fourth-order valence-corrected chi connectivity index (χ4v) is 3.37. The van der Waals surface area contributed by atoms with Crippen LogP contribution in [-0.4, -0.2) is 35.5 Å². The maximum absolute atomic E-state index is 12.0. The molecule has 0 aromatic rings. The van der Waals surface area contributed by atoms with Crippen LogP contribution >= 0.6 is 23.4 Å². The monoisotopic (exact) mass is 592 g/mol. The third-order valence-corrected chi connectivity index (χ3v) is 4.58. The van der Waals surface area contributed by atoms with E-state index in [-0.39, 0.29) is 65.1 Å². The molecule has 0 aromatic heterocycles. The van der Waals surface area contributed by atoms with Gasteiger partial charge in [-0.2, -0.15) is 11.8 Å². The molecule has 1 aliphatic carbocycles. The molecular weight excluding hydrogens is 567 g/mol. The number of carbonyl (C=O) groups is 1. The number of Topliss-reactive ketones (excluding diaryl/α,β-unsaturated/α-hetero) is 1. The van der Waals surface area contributed by atoms with E-state index in [4.69, 9.17) is 24.9 Å². The summed E-state index contributed by atoms with van der Waals surface area (Å²) in [7, 11) is 4.97. The van der Waals surface area contributed by atoms with Crippen LogP contribution in [0.3, 0.4) is 0 Å². The van der Waals surface area contributed by atoms with Gasteiger partial charge in [0, 0.05) is 49.7 Å². The largest absolute Gasteiger partial charge is 0.511 e. The summed E-state index contributed by atoms with van der Waals surface area (Å²) < 4.78 is 0. The third-order valence-electron chi connectivity index (χ3n) is 3.40. The summed E-state index contributed by atoms with van der Waals surface area (Å²) in [4.78, 5) is 12.0. The second-order valence-electron chi connectivity index (χ2n) is 5.26. The van der Waals surface area contributed by atoms with Crippen molar-refractivity contribution in [1.82, 2.24) is 0 Å². The number of hydrogen-bond acceptors (Lipinski definition) is 4. The number of carbonyl (C=O) groups excluding carboxylic acids is 1. The van der Waals surface area contributed by atoms with Crippen LogP contribution in [0.5, 0.6) is 0 Å². The van der Waals surface area contributed by atoms with Gasteiger partial charge in [0.25, 0.3) is 0 Å². The molecule has 0 fully saturated rings. The molecule has 2 N–H and O–H groups in total. The van der Waals surface area contributed by atoms with Gasteiger partial charge >= 0.3 is 0 Å². The second-order valence-corrected chi connectivity index (χ2v) is 7.09. The van der Waals surface area contributed by atoms with Crippen LogP contribution in [0.25, 0.3) is 0 Å². The number of halogens is 1. The van der Waals surface area contributed by atoms with E-state index in [1.165, 1.54) is 5.54 Å². The maximum Gasteiger partial charge on any atom is 0.168 e. The molecule has 1 rings (SSSR count). The first-order valence-corrected chi connectivity index (χ1v) is 9.32. The van der Waals surface area contributed by atoms with Crippen LogP contribution in [0.2, 0.25) is 6.32 Å². The fourth-order valence-electron chi connectivity index (χ4n) is 2.39. The minimum Gasteiger partial charge on any atom is -0.511 e. The molecule has 3 nitrogen and oxygen atoms in total. The number of aliphatic hydroxyl groups excluding tert-OH is 1. The molecule has 2 unspecified atom stereocenters. The van der Waals surface area contributed by atoms with Crippen LogP contribution < -0.4 is 0 Å². The van der Waals surface area contributed by atoms with Crippen LogP contribution in [0.1, 0.15) is 39.5 Å². The molecule has 7 heteroatoms. The van der Waals surface area contributed by atoms with Gasteiger partial charge in [0.05, 0.1) is 13.4 Å². The molecule has 0 saturated heterocycles. The molecule has 0 saturated carbocycles. The Morgan fingerprint density at radius 1 is 1.54 bits per heavy atom. The van der Waals surface area contributed by atoms with E-state index >= 15 is 0 Å². The van der Waals surface area contributed by atoms with E-state index in [2.05, 4.69) is 13.8 Å². The van der Waals surface area contributed by atoms with Crippen molar-refractivity contribution < 1.29 is 41.0 Å². The standard InChI is InChI=1S/C14H22NO2S.C3H4BCl.U/c1-4-11(15)14-12(16)7-10(8-13(14)17)6-9(3)18-5-2;4-2-1-3-5;/h9-10,15-16H,3-8H2,1-2H3;1,3H,2H2;/q-1;;/b;3-1+;. The molecule has 0 amide bonds. The molecular formula is C17H26BClNO2SU-. The Balaban J connectivity index is 0. The van der Waals surface area contributed by atoms with E-state index in [9.17, 15) is 9.90 Å². The first kappa shape index (κ1) is 26.6. The van der Waals surface area contributed by atoms with Crippen molar-refractivity contribution in [1.29, 1.82) is 5.41 Å². The number of rotatable bonds is 7. The van der Waals surface area contributed by atoms with E-state index in [0.29, 0.717) is 25.6 Å². The predicted octanol–water partition coefficient (Wildman–Crippen LogP) is 4.88. The van der Waals surface area contributed by atoms with Gasteiger partial charge in [-0.3, -0.25) is 4.79 Å². The summed E-state index contributed by atoms with van der Waals surface area (Å²) in [6, 6.07) is 0. The van der Waals surface area contributed by atoms with Crippen molar-refractivity contribution in [2.24, 2.45) is 5.92 Å². The van der Waals surface area contributed by atoms with Crippen molar-refractivity contribution in [2.45, 2.75) is 51.1 Å². The Morgan fingerprint density at radius 3 is 2.54 bits per heavy atom. The summed E-state index contributed by atoms with van der Waals surface area (Å²) in [6.07, 6.45) is 4.49. The van der Waals surface area contributed by atoms with Gasteiger partial charge in [-0.15, -0.1) is 5.25 Å². The third kappa shape index (κ3) is 10.4. The number of ketones is 1. The molecule has 2 radical (unpaired) electrons. The van der Waals surface area contributed by atoms with Crippen molar-refractivity contribution >= 4 is 42.7 Å². The zero-order chi connectivity index (χ0) is 17.8. The molecule has 24 heavy (non-hydrogen) atoms. The summed E-state index contributed by atoms with van der Waals surface area (Å²) in [6.45, 7) is 7.97. The molecule has 0 spiro atoms. The number of aliphatic hydroxyl groups is 1. The molecule has 0 aliphatic heterocycles. The van der Waals surface area contributed by atoms with E-state index < -0.39 is 0 Å². The Hall–Kier alpha value is 0.377. The average molecular weight is 593 g/mol. The van der Waals surface area contributed by atoms with Crippen molar-refractivity contribution in [3.05, 3.63) is 29.9 Å². The molecule has 0 aromatic carbocycles. The summed E-state index contributed by atoms with van der Waals surface area (Å²) in [5.41, 5.74) is 1.92. The first-order chi connectivity index (χ1) is 10.9. The van der Waals surface area contributed by atoms with Gasteiger partial charge in [-0.25, -0.2) is 0 Å². The van der Waals surface area contributed by atoms with Crippen molar-refractivity contribution in [3.8, 4) is 0 Å².